The van der Waals surface area contributed by atoms with Crippen molar-refractivity contribution in [2.24, 2.45) is 0 Å². The lowest BCUT2D eigenvalue weighted by Gasteiger charge is -2.10. The predicted octanol–water partition coefficient (Wildman–Crippen LogP) is 4.49. The molecule has 7 heteroatoms. The first kappa shape index (κ1) is 20.5. The molecule has 0 saturated heterocycles. The van der Waals surface area contributed by atoms with Crippen molar-refractivity contribution in [1.29, 1.82) is 0 Å². The first-order chi connectivity index (χ1) is 13.9. The number of aromatic nitrogens is 1. The number of aryl methyl sites for hydroxylation is 1. The molecule has 3 rings (SSSR count). The van der Waals surface area contributed by atoms with Crippen molar-refractivity contribution in [2.75, 3.05) is 11.9 Å². The Labute approximate surface area is 169 Å². The molecule has 2 aromatic heterocycles. The number of carbonyl (C=O) groups is 2. The van der Waals surface area contributed by atoms with E-state index in [1.807, 2.05) is 20.8 Å². The van der Waals surface area contributed by atoms with Gasteiger partial charge in [-0.2, -0.15) is 0 Å². The maximum Gasteiger partial charge on any atom is 0.338 e. The van der Waals surface area contributed by atoms with E-state index in [0.717, 1.165) is 5.69 Å². The number of hydrogen-bond acceptors (Lipinski definition) is 6. The lowest BCUT2D eigenvalue weighted by atomic mass is 10.1. The maximum absolute atomic E-state index is 12.7. The average Bonchev–Trinajstić information content (AvgIpc) is 3.15. The van der Waals surface area contributed by atoms with Gasteiger partial charge in [-0.25, -0.2) is 4.79 Å². The highest BCUT2D eigenvalue weighted by Gasteiger charge is 2.16. The number of esters is 1. The summed E-state index contributed by atoms with van der Waals surface area (Å²) < 4.78 is 16.1. The Kier molecular flexibility index (Phi) is 6.29. The molecule has 7 nitrogen and oxygen atoms in total. The molecule has 0 aliphatic carbocycles. The van der Waals surface area contributed by atoms with Crippen molar-refractivity contribution >= 4 is 28.5 Å². The summed E-state index contributed by atoms with van der Waals surface area (Å²) in [7, 11) is 0. The van der Waals surface area contributed by atoms with Crippen LogP contribution in [0.25, 0.3) is 10.9 Å². The Morgan fingerprint density at radius 2 is 1.97 bits per heavy atom. The molecule has 0 atom stereocenters. The van der Waals surface area contributed by atoms with E-state index < -0.39 is 11.9 Å². The molecule has 0 saturated carbocycles. The van der Waals surface area contributed by atoms with E-state index in [-0.39, 0.29) is 18.5 Å². The van der Waals surface area contributed by atoms with E-state index in [2.05, 4.69) is 10.3 Å². The van der Waals surface area contributed by atoms with E-state index in [4.69, 9.17) is 13.9 Å². The van der Waals surface area contributed by atoms with Gasteiger partial charge in [-0.15, -0.1) is 0 Å². The number of benzene rings is 1. The van der Waals surface area contributed by atoms with Gasteiger partial charge in [0.2, 0.25) is 0 Å². The Morgan fingerprint density at radius 1 is 1.17 bits per heavy atom. The molecule has 3 aromatic rings. The highest BCUT2D eigenvalue weighted by molar-refractivity contribution is 6.08. The van der Waals surface area contributed by atoms with Gasteiger partial charge in [-0.05, 0) is 64.1 Å². The second kappa shape index (κ2) is 8.87. The van der Waals surface area contributed by atoms with Crippen molar-refractivity contribution in [2.45, 2.75) is 40.4 Å². The van der Waals surface area contributed by atoms with Gasteiger partial charge in [0.1, 0.15) is 12.4 Å². The van der Waals surface area contributed by atoms with Gasteiger partial charge in [0.25, 0.3) is 5.91 Å². The largest absolute Gasteiger partial charge is 0.462 e. The summed E-state index contributed by atoms with van der Waals surface area (Å²) in [5.74, 6) is -0.0666. The molecule has 1 amide bonds. The van der Waals surface area contributed by atoms with Crippen LogP contribution in [0, 0.1) is 6.92 Å². The molecule has 152 valence electrons. The van der Waals surface area contributed by atoms with Gasteiger partial charge in [0.05, 0.1) is 29.5 Å². The van der Waals surface area contributed by atoms with Gasteiger partial charge >= 0.3 is 5.97 Å². The van der Waals surface area contributed by atoms with E-state index in [9.17, 15) is 9.59 Å². The number of hydrogen-bond donors (Lipinski definition) is 1. The fourth-order valence-electron chi connectivity index (χ4n) is 2.81. The van der Waals surface area contributed by atoms with E-state index in [0.29, 0.717) is 34.5 Å². The average molecular weight is 396 g/mol. The number of nitrogens with zero attached hydrogens (tertiary/aromatic N) is 1. The summed E-state index contributed by atoms with van der Waals surface area (Å²) >= 11 is 0. The smallest absolute Gasteiger partial charge is 0.338 e. The number of carbonyl (C=O) groups excluding carboxylic acids is 2. The third-order valence-electron chi connectivity index (χ3n) is 4.14. The molecule has 0 fully saturated rings. The Balaban J connectivity index is 1.87. The zero-order chi connectivity index (χ0) is 21.0. The third kappa shape index (κ3) is 5.00. The van der Waals surface area contributed by atoms with Gasteiger partial charge in [-0.3, -0.25) is 9.78 Å². The number of ether oxygens (including phenoxy) is 2. The summed E-state index contributed by atoms with van der Waals surface area (Å²) in [6.45, 7) is 8.02. The van der Waals surface area contributed by atoms with Gasteiger partial charge in [0.15, 0.2) is 5.76 Å². The molecule has 0 aliphatic heterocycles. The summed E-state index contributed by atoms with van der Waals surface area (Å²) in [6, 6.07) is 10.1. The molecule has 1 N–H and O–H groups in total. The molecular weight excluding hydrogens is 372 g/mol. The molecule has 1 aromatic carbocycles. The second-order valence-electron chi connectivity index (χ2n) is 6.84. The fraction of sp³-hybridized carbons (Fsp3) is 0.318. The van der Waals surface area contributed by atoms with Crippen LogP contribution < -0.4 is 5.32 Å². The number of rotatable bonds is 7. The number of fused-ring (bicyclic) bond motifs is 1. The molecule has 0 radical (unpaired) electrons. The monoisotopic (exact) mass is 396 g/mol. The topological polar surface area (TPSA) is 90.7 Å². The fourth-order valence-corrected chi connectivity index (χ4v) is 2.81. The minimum Gasteiger partial charge on any atom is -0.462 e. The highest BCUT2D eigenvalue weighted by atomic mass is 16.5. The van der Waals surface area contributed by atoms with Crippen molar-refractivity contribution < 1.29 is 23.5 Å². The molecule has 0 aliphatic rings. The Hall–Kier alpha value is -3.19. The highest BCUT2D eigenvalue weighted by Crippen LogP contribution is 2.26. The predicted molar refractivity (Wildman–Crippen MR) is 109 cm³/mol. The molecule has 0 bridgehead atoms. The van der Waals surface area contributed by atoms with Crippen LogP contribution in [0.15, 0.2) is 40.8 Å². The van der Waals surface area contributed by atoms with Gasteiger partial charge < -0.3 is 19.2 Å². The Bertz CT molecular complexity index is 1040. The van der Waals surface area contributed by atoms with Crippen LogP contribution in [0.2, 0.25) is 0 Å². The zero-order valence-corrected chi connectivity index (χ0v) is 16.9. The number of pyridine rings is 1. The van der Waals surface area contributed by atoms with Crippen molar-refractivity contribution in [1.82, 2.24) is 4.98 Å². The van der Waals surface area contributed by atoms with Crippen LogP contribution in [-0.4, -0.2) is 29.6 Å². The van der Waals surface area contributed by atoms with E-state index in [1.54, 1.807) is 43.3 Å². The summed E-state index contributed by atoms with van der Waals surface area (Å²) in [4.78, 5) is 29.2. The van der Waals surface area contributed by atoms with Crippen LogP contribution in [0.4, 0.5) is 5.69 Å². The van der Waals surface area contributed by atoms with Crippen molar-refractivity contribution in [3.05, 3.63) is 59.2 Å². The van der Waals surface area contributed by atoms with Crippen LogP contribution in [0.5, 0.6) is 0 Å². The Morgan fingerprint density at radius 3 is 2.69 bits per heavy atom. The summed E-state index contributed by atoms with van der Waals surface area (Å²) in [5, 5.41) is 3.50. The van der Waals surface area contributed by atoms with Gasteiger partial charge in [0, 0.05) is 11.1 Å². The minimum absolute atomic E-state index is 0.0668. The minimum atomic E-state index is -0.423. The summed E-state index contributed by atoms with van der Waals surface area (Å²) in [6.07, 6.45) is 0.0668. The first-order valence-electron chi connectivity index (χ1n) is 9.47. The van der Waals surface area contributed by atoms with E-state index >= 15 is 0 Å². The third-order valence-corrected chi connectivity index (χ3v) is 4.14. The molecule has 2 heterocycles. The quantitative estimate of drug-likeness (QED) is 0.592. The number of anilines is 1. The van der Waals surface area contributed by atoms with Crippen LogP contribution in [0.3, 0.4) is 0 Å². The van der Waals surface area contributed by atoms with Gasteiger partial charge in [-0.1, -0.05) is 0 Å². The standard InChI is InChI=1S/C22H24N2O5/c1-5-27-22(26)15-6-8-18-17(11-15)19(10-14(4)23-18)24-21(25)20-9-7-16(29-20)12-28-13(2)3/h6-11,13H,5,12H2,1-4H3,(H,23,24,25). The number of amides is 1. The number of furan rings is 1. The lowest BCUT2D eigenvalue weighted by molar-refractivity contribution is 0.0525. The zero-order valence-electron chi connectivity index (χ0n) is 16.9. The maximum atomic E-state index is 12.7. The van der Waals surface area contributed by atoms with Crippen molar-refractivity contribution in [3.8, 4) is 0 Å². The molecule has 0 spiro atoms. The SMILES string of the molecule is CCOC(=O)c1ccc2nc(C)cc(NC(=O)c3ccc(COC(C)C)o3)c2c1. The molecular formula is C22H24N2O5. The van der Waals surface area contributed by atoms with E-state index in [1.165, 1.54) is 0 Å². The summed E-state index contributed by atoms with van der Waals surface area (Å²) in [5.41, 5.74) is 2.34. The second-order valence-corrected chi connectivity index (χ2v) is 6.84. The van der Waals surface area contributed by atoms with Crippen LogP contribution in [-0.2, 0) is 16.1 Å². The molecule has 29 heavy (non-hydrogen) atoms. The lowest BCUT2D eigenvalue weighted by Crippen LogP contribution is -2.12. The van der Waals surface area contributed by atoms with Crippen LogP contribution in [0.1, 0.15) is 53.1 Å². The first-order valence-corrected chi connectivity index (χ1v) is 9.47. The normalized spacial score (nSPS) is 11.1. The van der Waals surface area contributed by atoms with Crippen LogP contribution >= 0.6 is 0 Å². The molecule has 0 unspecified atom stereocenters. The van der Waals surface area contributed by atoms with Crippen molar-refractivity contribution in [3.63, 3.8) is 0 Å². The number of nitrogens with one attached hydrogen (secondary N) is 1.